The Hall–Kier alpha value is -0.910. The van der Waals surface area contributed by atoms with E-state index in [1.54, 1.807) is 12.1 Å². The van der Waals surface area contributed by atoms with Crippen LogP contribution in [-0.2, 0) is 11.1 Å². The summed E-state index contributed by atoms with van der Waals surface area (Å²) in [6, 6.07) is 7.25. The highest BCUT2D eigenvalue weighted by Gasteiger charge is 2.14. The standard InChI is InChI=1S/C11H16N2O2S/c1-12-6-8-13(9-7-12)10-2-4-11(5-3-10)16(14)15/h2-5H,6-9H2,1H3,(H,14,15). The molecule has 1 atom stereocenters. The number of benzene rings is 1. The van der Waals surface area contributed by atoms with Gasteiger partial charge in [-0.05, 0) is 31.3 Å². The van der Waals surface area contributed by atoms with Crippen molar-refractivity contribution in [1.29, 1.82) is 0 Å². The van der Waals surface area contributed by atoms with Crippen LogP contribution < -0.4 is 4.90 Å². The van der Waals surface area contributed by atoms with E-state index in [0.29, 0.717) is 4.90 Å². The van der Waals surface area contributed by atoms with Crippen molar-refractivity contribution >= 4 is 16.8 Å². The second-order valence-electron chi connectivity index (χ2n) is 4.03. The third-order valence-electron chi connectivity index (χ3n) is 2.91. The lowest BCUT2D eigenvalue weighted by Gasteiger charge is -2.34. The van der Waals surface area contributed by atoms with Gasteiger partial charge in [0.15, 0.2) is 11.1 Å². The SMILES string of the molecule is CN1CCN(c2ccc(S(=O)O)cc2)CC1. The molecule has 1 unspecified atom stereocenters. The molecule has 0 radical (unpaired) electrons. The van der Waals surface area contributed by atoms with Crippen molar-refractivity contribution in [2.45, 2.75) is 4.90 Å². The van der Waals surface area contributed by atoms with Crippen LogP contribution in [0.2, 0.25) is 0 Å². The number of hydrogen-bond acceptors (Lipinski definition) is 3. The number of nitrogens with zero attached hydrogens (tertiary/aromatic N) is 2. The molecule has 0 bridgehead atoms. The highest BCUT2D eigenvalue weighted by Crippen LogP contribution is 2.17. The van der Waals surface area contributed by atoms with Crippen LogP contribution in [0.15, 0.2) is 29.2 Å². The first-order valence-corrected chi connectivity index (χ1v) is 6.42. The Bertz CT molecular complexity index is 372. The summed E-state index contributed by atoms with van der Waals surface area (Å²) >= 11 is -1.87. The summed E-state index contributed by atoms with van der Waals surface area (Å²) < 4.78 is 19.7. The second kappa shape index (κ2) is 4.95. The zero-order valence-electron chi connectivity index (χ0n) is 9.30. The first-order valence-electron chi connectivity index (χ1n) is 5.31. The predicted octanol–water partition coefficient (Wildman–Crippen LogP) is 1.02. The number of anilines is 1. The molecule has 0 aliphatic carbocycles. The normalized spacial score (nSPS) is 19.8. The molecule has 1 saturated heterocycles. The molecule has 0 aromatic heterocycles. The van der Waals surface area contributed by atoms with E-state index in [1.807, 2.05) is 12.1 Å². The van der Waals surface area contributed by atoms with Gasteiger partial charge in [0.2, 0.25) is 0 Å². The molecular formula is C11H16N2O2S. The Balaban J connectivity index is 2.07. The first kappa shape index (κ1) is 11.6. The molecule has 88 valence electrons. The predicted molar refractivity (Wildman–Crippen MR) is 65.2 cm³/mol. The molecule has 4 nitrogen and oxygen atoms in total. The quantitative estimate of drug-likeness (QED) is 0.784. The van der Waals surface area contributed by atoms with Crippen molar-refractivity contribution in [2.24, 2.45) is 0 Å². The summed E-state index contributed by atoms with van der Waals surface area (Å²) in [7, 11) is 2.12. The third-order valence-corrected chi connectivity index (χ3v) is 3.58. The highest BCUT2D eigenvalue weighted by atomic mass is 32.2. The summed E-state index contributed by atoms with van der Waals surface area (Å²) in [5, 5.41) is 0. The Morgan fingerprint density at radius 2 is 1.69 bits per heavy atom. The average Bonchev–Trinajstić information content (AvgIpc) is 2.30. The molecule has 1 fully saturated rings. The van der Waals surface area contributed by atoms with E-state index < -0.39 is 11.1 Å². The molecule has 1 N–H and O–H groups in total. The van der Waals surface area contributed by atoms with Crippen molar-refractivity contribution in [1.82, 2.24) is 4.90 Å². The van der Waals surface area contributed by atoms with E-state index >= 15 is 0 Å². The van der Waals surface area contributed by atoms with Crippen LogP contribution in [0.4, 0.5) is 5.69 Å². The van der Waals surface area contributed by atoms with Gasteiger partial charge in [-0.1, -0.05) is 0 Å². The van der Waals surface area contributed by atoms with Gasteiger partial charge in [0.05, 0.1) is 4.90 Å². The molecule has 2 rings (SSSR count). The smallest absolute Gasteiger partial charge is 0.186 e. The average molecular weight is 240 g/mol. The largest absolute Gasteiger partial charge is 0.369 e. The van der Waals surface area contributed by atoms with E-state index in [4.69, 9.17) is 4.55 Å². The molecule has 16 heavy (non-hydrogen) atoms. The fourth-order valence-electron chi connectivity index (χ4n) is 1.84. The molecule has 1 heterocycles. The Labute approximate surface area is 98.1 Å². The zero-order valence-corrected chi connectivity index (χ0v) is 10.1. The second-order valence-corrected chi connectivity index (χ2v) is 5.00. The van der Waals surface area contributed by atoms with Gasteiger partial charge in [-0.2, -0.15) is 0 Å². The van der Waals surface area contributed by atoms with Crippen molar-refractivity contribution in [3.05, 3.63) is 24.3 Å². The van der Waals surface area contributed by atoms with Crippen molar-refractivity contribution < 1.29 is 8.76 Å². The van der Waals surface area contributed by atoms with Crippen LogP contribution in [-0.4, -0.2) is 46.9 Å². The van der Waals surface area contributed by atoms with Gasteiger partial charge in [0.1, 0.15) is 0 Å². The van der Waals surface area contributed by atoms with Crippen LogP contribution in [0.3, 0.4) is 0 Å². The van der Waals surface area contributed by atoms with Gasteiger partial charge < -0.3 is 14.4 Å². The summed E-state index contributed by atoms with van der Waals surface area (Å²) in [5.74, 6) is 0. The van der Waals surface area contributed by atoms with Crippen LogP contribution in [0.25, 0.3) is 0 Å². The lowest BCUT2D eigenvalue weighted by atomic mass is 10.2. The molecule has 1 aliphatic heterocycles. The summed E-state index contributed by atoms with van der Waals surface area (Å²) in [6.07, 6.45) is 0. The molecule has 0 saturated carbocycles. The Morgan fingerprint density at radius 3 is 2.19 bits per heavy atom. The maximum Gasteiger partial charge on any atom is 0.186 e. The summed E-state index contributed by atoms with van der Waals surface area (Å²) in [4.78, 5) is 5.05. The lowest BCUT2D eigenvalue weighted by Crippen LogP contribution is -2.44. The number of rotatable bonds is 2. The fourth-order valence-corrected chi connectivity index (χ4v) is 2.21. The van der Waals surface area contributed by atoms with Crippen molar-refractivity contribution in [3.63, 3.8) is 0 Å². The van der Waals surface area contributed by atoms with Crippen LogP contribution >= 0.6 is 0 Å². The zero-order chi connectivity index (χ0) is 11.5. The Kier molecular flexibility index (Phi) is 3.58. The van der Waals surface area contributed by atoms with Gasteiger partial charge in [-0.3, -0.25) is 0 Å². The number of piperazine rings is 1. The first-order chi connectivity index (χ1) is 7.66. The maximum absolute atomic E-state index is 10.8. The highest BCUT2D eigenvalue weighted by molar-refractivity contribution is 7.79. The molecule has 5 heteroatoms. The summed E-state index contributed by atoms with van der Waals surface area (Å²) in [5.41, 5.74) is 1.13. The monoisotopic (exact) mass is 240 g/mol. The Morgan fingerprint density at radius 1 is 1.12 bits per heavy atom. The van der Waals surface area contributed by atoms with E-state index in [1.165, 1.54) is 0 Å². The van der Waals surface area contributed by atoms with Crippen molar-refractivity contribution in [2.75, 3.05) is 38.1 Å². The third kappa shape index (κ3) is 2.61. The number of likely N-dealkylation sites (N-methyl/N-ethyl adjacent to an activating group) is 1. The van der Waals surface area contributed by atoms with Gasteiger partial charge in [0.25, 0.3) is 0 Å². The topological polar surface area (TPSA) is 43.8 Å². The van der Waals surface area contributed by atoms with Crippen LogP contribution in [0.5, 0.6) is 0 Å². The van der Waals surface area contributed by atoms with Crippen LogP contribution in [0.1, 0.15) is 0 Å². The molecule has 0 amide bonds. The summed E-state index contributed by atoms with van der Waals surface area (Å²) in [6.45, 7) is 4.15. The molecule has 0 spiro atoms. The van der Waals surface area contributed by atoms with E-state index in [0.717, 1.165) is 31.9 Å². The molecule has 1 aromatic rings. The van der Waals surface area contributed by atoms with Crippen LogP contribution in [0, 0.1) is 0 Å². The number of hydrogen-bond donors (Lipinski definition) is 1. The van der Waals surface area contributed by atoms with Gasteiger partial charge in [-0.15, -0.1) is 0 Å². The van der Waals surface area contributed by atoms with Crippen molar-refractivity contribution in [3.8, 4) is 0 Å². The fraction of sp³-hybridized carbons (Fsp3) is 0.455. The van der Waals surface area contributed by atoms with E-state index in [9.17, 15) is 4.21 Å². The maximum atomic E-state index is 10.8. The van der Waals surface area contributed by atoms with E-state index in [-0.39, 0.29) is 0 Å². The minimum absolute atomic E-state index is 0.456. The molecule has 1 aliphatic rings. The molecule has 1 aromatic carbocycles. The minimum Gasteiger partial charge on any atom is -0.369 e. The lowest BCUT2D eigenvalue weighted by molar-refractivity contribution is 0.313. The molecular weight excluding hydrogens is 224 g/mol. The van der Waals surface area contributed by atoms with Gasteiger partial charge in [-0.25, -0.2) is 4.21 Å². The van der Waals surface area contributed by atoms with Gasteiger partial charge >= 0.3 is 0 Å². The van der Waals surface area contributed by atoms with Gasteiger partial charge in [0, 0.05) is 31.9 Å². The minimum atomic E-state index is -1.87. The van der Waals surface area contributed by atoms with E-state index in [2.05, 4.69) is 16.8 Å².